The summed E-state index contributed by atoms with van der Waals surface area (Å²) < 4.78 is 0. The fraction of sp³-hybridized carbons (Fsp3) is 0.450. The van der Waals surface area contributed by atoms with Gasteiger partial charge in [-0.1, -0.05) is 12.1 Å². The highest BCUT2D eigenvalue weighted by Gasteiger charge is 2.25. The van der Waals surface area contributed by atoms with Crippen molar-refractivity contribution in [2.24, 2.45) is 0 Å². The number of thiazole rings is 1. The fourth-order valence-corrected chi connectivity index (χ4v) is 4.93. The topological polar surface area (TPSA) is 56.8 Å². The van der Waals surface area contributed by atoms with Crippen LogP contribution in [-0.2, 0) is 6.54 Å². The number of thioether (sulfide) groups is 1. The first kappa shape index (κ1) is 20.8. The molecule has 1 fully saturated rings. The fourth-order valence-electron chi connectivity index (χ4n) is 3.21. The molecule has 0 atom stereocenters. The summed E-state index contributed by atoms with van der Waals surface area (Å²) in [6, 6.07) is 7.78. The summed E-state index contributed by atoms with van der Waals surface area (Å²) in [4.78, 5) is 37.2. The van der Waals surface area contributed by atoms with Gasteiger partial charge in [-0.05, 0) is 25.3 Å². The first-order valence-electron chi connectivity index (χ1n) is 9.23. The molecule has 2 aromatic rings. The van der Waals surface area contributed by atoms with Gasteiger partial charge in [0.1, 0.15) is 9.88 Å². The Morgan fingerprint density at radius 2 is 1.86 bits per heavy atom. The predicted molar refractivity (Wildman–Crippen MR) is 114 cm³/mol. The zero-order valence-electron chi connectivity index (χ0n) is 16.8. The molecule has 2 amide bonds. The molecule has 0 N–H and O–H groups in total. The van der Waals surface area contributed by atoms with Gasteiger partial charge in [-0.2, -0.15) is 0 Å². The summed E-state index contributed by atoms with van der Waals surface area (Å²) in [5, 5.41) is 0.954. The molecular weight excluding hydrogens is 392 g/mol. The van der Waals surface area contributed by atoms with Crippen LogP contribution in [0.2, 0.25) is 0 Å². The molecule has 1 aromatic heterocycles. The number of hydrogen-bond acceptors (Lipinski definition) is 6. The van der Waals surface area contributed by atoms with Crippen LogP contribution in [0.5, 0.6) is 0 Å². The van der Waals surface area contributed by atoms with E-state index in [4.69, 9.17) is 0 Å². The van der Waals surface area contributed by atoms with Crippen molar-refractivity contribution in [3.05, 3.63) is 45.4 Å². The van der Waals surface area contributed by atoms with Crippen LogP contribution < -0.4 is 0 Å². The van der Waals surface area contributed by atoms with E-state index in [1.165, 1.54) is 11.3 Å². The summed E-state index contributed by atoms with van der Waals surface area (Å²) in [5.41, 5.74) is 1.58. The highest BCUT2D eigenvalue weighted by molar-refractivity contribution is 7.98. The van der Waals surface area contributed by atoms with Gasteiger partial charge < -0.3 is 9.80 Å². The molecule has 0 aliphatic carbocycles. The molecule has 0 spiro atoms. The third-order valence-corrected chi connectivity index (χ3v) is 6.72. The minimum absolute atomic E-state index is 0.00382. The normalized spacial score (nSPS) is 14.9. The van der Waals surface area contributed by atoms with E-state index in [0.29, 0.717) is 18.0 Å². The lowest BCUT2D eigenvalue weighted by Gasteiger charge is -2.34. The lowest BCUT2D eigenvalue weighted by Crippen LogP contribution is -2.48. The summed E-state index contributed by atoms with van der Waals surface area (Å²) in [5.74, 6) is 0.109. The minimum atomic E-state index is 0.00382. The van der Waals surface area contributed by atoms with Crippen LogP contribution in [-0.4, -0.2) is 78.0 Å². The SMILES string of the molecule is CSc1ccccc1C(=O)N1CCN(Cc2nc(C)c(C(=O)N(C)C)s2)CC1. The van der Waals surface area contributed by atoms with Crippen molar-refractivity contribution in [1.82, 2.24) is 19.7 Å². The number of nitrogens with zero attached hydrogens (tertiary/aromatic N) is 4. The first-order chi connectivity index (χ1) is 13.4. The quantitative estimate of drug-likeness (QED) is 0.699. The number of rotatable bonds is 5. The van der Waals surface area contributed by atoms with Gasteiger partial charge in [0.05, 0.1) is 17.8 Å². The molecule has 0 saturated carbocycles. The molecular formula is C20H26N4O2S2. The zero-order valence-corrected chi connectivity index (χ0v) is 18.4. The number of carbonyl (C=O) groups is 2. The van der Waals surface area contributed by atoms with Crippen LogP contribution in [0.25, 0.3) is 0 Å². The molecule has 1 saturated heterocycles. The van der Waals surface area contributed by atoms with Crippen molar-refractivity contribution in [1.29, 1.82) is 0 Å². The third-order valence-electron chi connectivity index (χ3n) is 4.80. The van der Waals surface area contributed by atoms with E-state index in [2.05, 4.69) is 9.88 Å². The van der Waals surface area contributed by atoms with E-state index >= 15 is 0 Å². The molecule has 28 heavy (non-hydrogen) atoms. The Hall–Kier alpha value is -1.90. The van der Waals surface area contributed by atoms with Crippen molar-refractivity contribution < 1.29 is 9.59 Å². The molecule has 8 heteroatoms. The van der Waals surface area contributed by atoms with Crippen LogP contribution in [0.1, 0.15) is 30.7 Å². The van der Waals surface area contributed by atoms with Crippen molar-refractivity contribution in [3.63, 3.8) is 0 Å². The number of carbonyl (C=O) groups excluding carboxylic acids is 2. The molecule has 1 aliphatic heterocycles. The Balaban J connectivity index is 1.59. The maximum Gasteiger partial charge on any atom is 0.265 e. The Bertz CT molecular complexity index is 858. The summed E-state index contributed by atoms with van der Waals surface area (Å²) >= 11 is 3.07. The van der Waals surface area contributed by atoms with E-state index in [1.807, 2.05) is 42.3 Å². The lowest BCUT2D eigenvalue weighted by molar-refractivity contribution is 0.0625. The van der Waals surface area contributed by atoms with Crippen molar-refractivity contribution in [2.75, 3.05) is 46.5 Å². The van der Waals surface area contributed by atoms with Gasteiger partial charge in [-0.25, -0.2) is 4.98 Å². The van der Waals surface area contributed by atoms with Crippen LogP contribution in [0.3, 0.4) is 0 Å². The molecule has 3 rings (SSSR count). The Kier molecular flexibility index (Phi) is 6.74. The molecule has 1 aromatic carbocycles. The van der Waals surface area contributed by atoms with Crippen molar-refractivity contribution >= 4 is 34.9 Å². The van der Waals surface area contributed by atoms with Gasteiger partial charge in [0.15, 0.2) is 0 Å². The smallest absolute Gasteiger partial charge is 0.265 e. The zero-order chi connectivity index (χ0) is 20.3. The summed E-state index contributed by atoms with van der Waals surface area (Å²) in [6.45, 7) is 5.63. The second-order valence-electron chi connectivity index (χ2n) is 6.99. The monoisotopic (exact) mass is 418 g/mol. The number of hydrogen-bond donors (Lipinski definition) is 0. The van der Waals surface area contributed by atoms with Crippen LogP contribution in [0, 0.1) is 6.92 Å². The second-order valence-corrected chi connectivity index (χ2v) is 8.92. The van der Waals surface area contributed by atoms with E-state index in [-0.39, 0.29) is 11.8 Å². The van der Waals surface area contributed by atoms with Gasteiger partial charge in [-0.15, -0.1) is 23.1 Å². The maximum atomic E-state index is 12.9. The molecule has 6 nitrogen and oxygen atoms in total. The highest BCUT2D eigenvalue weighted by atomic mass is 32.2. The molecule has 0 unspecified atom stereocenters. The number of aryl methyl sites for hydroxylation is 1. The van der Waals surface area contributed by atoms with Crippen LogP contribution >= 0.6 is 23.1 Å². The number of benzene rings is 1. The predicted octanol–water partition coefficient (Wildman–Crippen LogP) is 2.83. The van der Waals surface area contributed by atoms with Crippen molar-refractivity contribution in [2.45, 2.75) is 18.4 Å². The van der Waals surface area contributed by atoms with Crippen molar-refractivity contribution in [3.8, 4) is 0 Å². The van der Waals surface area contributed by atoms with E-state index in [9.17, 15) is 9.59 Å². The Labute approximate surface area is 174 Å². The largest absolute Gasteiger partial charge is 0.344 e. The van der Waals surface area contributed by atoms with Crippen LogP contribution in [0.15, 0.2) is 29.2 Å². The molecule has 0 radical (unpaired) electrons. The minimum Gasteiger partial charge on any atom is -0.344 e. The van der Waals surface area contributed by atoms with Gasteiger partial charge >= 0.3 is 0 Å². The second kappa shape index (κ2) is 9.07. The molecule has 0 bridgehead atoms. The average Bonchev–Trinajstić information content (AvgIpc) is 3.07. The van der Waals surface area contributed by atoms with Gasteiger partial charge in [-0.3, -0.25) is 14.5 Å². The maximum absolute atomic E-state index is 12.9. The summed E-state index contributed by atoms with van der Waals surface area (Å²) in [7, 11) is 3.51. The van der Waals surface area contributed by atoms with Gasteiger partial charge in [0.2, 0.25) is 0 Å². The Morgan fingerprint density at radius 1 is 1.18 bits per heavy atom. The van der Waals surface area contributed by atoms with Crippen LogP contribution in [0.4, 0.5) is 0 Å². The molecule has 2 heterocycles. The molecule has 150 valence electrons. The number of piperazine rings is 1. The average molecular weight is 419 g/mol. The third kappa shape index (κ3) is 4.56. The summed E-state index contributed by atoms with van der Waals surface area (Å²) in [6.07, 6.45) is 2.00. The van der Waals surface area contributed by atoms with Gasteiger partial charge in [0.25, 0.3) is 11.8 Å². The number of amides is 2. The van der Waals surface area contributed by atoms with E-state index in [0.717, 1.165) is 40.8 Å². The lowest BCUT2D eigenvalue weighted by atomic mass is 10.2. The standard InChI is InChI=1S/C20H26N4O2S2/c1-14-18(20(26)22(2)3)28-17(21-14)13-23-9-11-24(12-10-23)19(25)15-7-5-6-8-16(15)27-4/h5-8H,9-13H2,1-4H3. The van der Waals surface area contributed by atoms with E-state index in [1.54, 1.807) is 30.8 Å². The van der Waals surface area contributed by atoms with E-state index < -0.39 is 0 Å². The molecule has 1 aliphatic rings. The number of aromatic nitrogens is 1. The Morgan fingerprint density at radius 3 is 2.50 bits per heavy atom. The first-order valence-corrected chi connectivity index (χ1v) is 11.3. The van der Waals surface area contributed by atoms with Gasteiger partial charge in [0, 0.05) is 45.2 Å². The highest BCUT2D eigenvalue weighted by Crippen LogP contribution is 2.23.